The van der Waals surface area contributed by atoms with E-state index in [1.54, 1.807) is 35.2 Å². The highest BCUT2D eigenvalue weighted by Gasteiger charge is 2.31. The van der Waals surface area contributed by atoms with Crippen LogP contribution in [0.2, 0.25) is 0 Å². The Bertz CT molecular complexity index is 792. The second-order valence-electron chi connectivity index (χ2n) is 6.02. The van der Waals surface area contributed by atoms with Crippen LogP contribution in [0.5, 0.6) is 5.75 Å². The fourth-order valence-corrected chi connectivity index (χ4v) is 2.85. The van der Waals surface area contributed by atoms with Crippen molar-refractivity contribution in [2.75, 3.05) is 13.1 Å². The van der Waals surface area contributed by atoms with Gasteiger partial charge in [-0.2, -0.15) is 0 Å². The van der Waals surface area contributed by atoms with Crippen LogP contribution in [0.3, 0.4) is 0 Å². The van der Waals surface area contributed by atoms with Gasteiger partial charge in [0, 0.05) is 24.7 Å². The molecule has 2 aromatic rings. The lowest BCUT2D eigenvalue weighted by atomic mass is 10.1. The summed E-state index contributed by atoms with van der Waals surface area (Å²) in [5.41, 5.74) is 1.27. The van der Waals surface area contributed by atoms with Crippen LogP contribution >= 0.6 is 0 Å². The van der Waals surface area contributed by atoms with E-state index in [1.165, 1.54) is 12.1 Å². The number of rotatable bonds is 5. The topological polar surface area (TPSA) is 66.8 Å². The average molecular weight is 343 g/mol. The zero-order chi connectivity index (χ0) is 17.8. The molecule has 1 atom stereocenters. The quantitative estimate of drug-likeness (QED) is 0.906. The molecule has 1 saturated heterocycles. The lowest BCUT2D eigenvalue weighted by Crippen LogP contribution is -2.30. The Morgan fingerprint density at radius 1 is 1.20 bits per heavy atom. The van der Waals surface area contributed by atoms with Crippen molar-refractivity contribution < 1.29 is 23.8 Å². The van der Waals surface area contributed by atoms with Gasteiger partial charge in [0.1, 0.15) is 18.2 Å². The minimum absolute atomic E-state index is 0.184. The molecule has 1 aliphatic heterocycles. The number of nitrogens with zero attached hydrogens (tertiary/aromatic N) is 1. The van der Waals surface area contributed by atoms with E-state index >= 15 is 0 Å². The van der Waals surface area contributed by atoms with Gasteiger partial charge in [0.25, 0.3) is 5.91 Å². The Kier molecular flexibility index (Phi) is 4.97. The van der Waals surface area contributed by atoms with E-state index in [4.69, 9.17) is 9.84 Å². The predicted molar refractivity (Wildman–Crippen MR) is 88.8 cm³/mol. The summed E-state index contributed by atoms with van der Waals surface area (Å²) in [4.78, 5) is 25.1. The lowest BCUT2D eigenvalue weighted by Gasteiger charge is -2.16. The molecule has 6 heteroatoms. The zero-order valence-corrected chi connectivity index (χ0v) is 13.5. The van der Waals surface area contributed by atoms with E-state index in [-0.39, 0.29) is 24.9 Å². The monoisotopic (exact) mass is 343 g/mol. The summed E-state index contributed by atoms with van der Waals surface area (Å²) in [6.45, 7) is 0.889. The average Bonchev–Trinajstić information content (AvgIpc) is 3.10. The molecule has 130 valence electrons. The third-order valence-corrected chi connectivity index (χ3v) is 4.20. The largest absolute Gasteiger partial charge is 0.489 e. The maximum atomic E-state index is 13.2. The van der Waals surface area contributed by atoms with Gasteiger partial charge in [0.05, 0.1) is 5.92 Å². The van der Waals surface area contributed by atoms with Crippen molar-refractivity contribution in [3.63, 3.8) is 0 Å². The van der Waals surface area contributed by atoms with Gasteiger partial charge in [-0.25, -0.2) is 4.39 Å². The standard InChI is InChI=1S/C19H18FNO4/c20-16-5-2-6-17(10-16)25-12-13-3-1-4-14(9-13)18(22)21-8-7-15(11-21)19(23)24/h1-6,9-10,15H,7-8,11-12H2,(H,23,24)/t15-/m0/s1. The molecular weight excluding hydrogens is 325 g/mol. The zero-order valence-electron chi connectivity index (χ0n) is 13.5. The van der Waals surface area contributed by atoms with Crippen LogP contribution in [0, 0.1) is 11.7 Å². The maximum Gasteiger partial charge on any atom is 0.308 e. The molecule has 1 fully saturated rings. The molecule has 0 unspecified atom stereocenters. The predicted octanol–water partition coefficient (Wildman–Crippen LogP) is 2.95. The lowest BCUT2D eigenvalue weighted by molar-refractivity contribution is -0.141. The van der Waals surface area contributed by atoms with Crippen LogP contribution in [0.15, 0.2) is 48.5 Å². The first-order valence-corrected chi connectivity index (χ1v) is 8.02. The Balaban J connectivity index is 1.65. The minimum Gasteiger partial charge on any atom is -0.489 e. The van der Waals surface area contributed by atoms with Crippen molar-refractivity contribution in [1.29, 1.82) is 0 Å². The SMILES string of the molecule is O=C(O)[C@H]1CCN(C(=O)c2cccc(COc3cccc(F)c3)c2)C1. The molecule has 3 rings (SSSR count). The van der Waals surface area contributed by atoms with Crippen molar-refractivity contribution in [3.05, 3.63) is 65.5 Å². The van der Waals surface area contributed by atoms with Crippen molar-refractivity contribution in [2.24, 2.45) is 5.92 Å². The number of aliphatic carboxylic acids is 1. The van der Waals surface area contributed by atoms with Gasteiger partial charge in [0.15, 0.2) is 0 Å². The summed E-state index contributed by atoms with van der Waals surface area (Å²) in [5, 5.41) is 9.04. The third kappa shape index (κ3) is 4.15. The number of benzene rings is 2. The van der Waals surface area contributed by atoms with E-state index in [1.807, 2.05) is 6.07 Å². The molecule has 1 N–H and O–H groups in total. The highest BCUT2D eigenvalue weighted by atomic mass is 19.1. The van der Waals surface area contributed by atoms with Gasteiger partial charge >= 0.3 is 5.97 Å². The molecule has 5 nitrogen and oxygen atoms in total. The molecule has 1 heterocycles. The van der Waals surface area contributed by atoms with Crippen LogP contribution in [0.25, 0.3) is 0 Å². The first-order chi connectivity index (χ1) is 12.0. The molecule has 0 bridgehead atoms. The number of likely N-dealkylation sites (tertiary alicyclic amines) is 1. The van der Waals surface area contributed by atoms with E-state index in [0.717, 1.165) is 5.56 Å². The fourth-order valence-electron chi connectivity index (χ4n) is 2.85. The summed E-state index contributed by atoms with van der Waals surface area (Å²) in [6, 6.07) is 12.9. The number of carbonyl (C=O) groups excluding carboxylic acids is 1. The molecule has 0 aromatic heterocycles. The van der Waals surface area contributed by atoms with Gasteiger partial charge in [-0.3, -0.25) is 9.59 Å². The Morgan fingerprint density at radius 2 is 2.00 bits per heavy atom. The van der Waals surface area contributed by atoms with Gasteiger partial charge in [-0.15, -0.1) is 0 Å². The molecule has 0 radical (unpaired) electrons. The van der Waals surface area contributed by atoms with Gasteiger partial charge in [-0.05, 0) is 36.2 Å². The van der Waals surface area contributed by atoms with E-state index < -0.39 is 11.9 Å². The summed E-state index contributed by atoms with van der Waals surface area (Å²) < 4.78 is 18.7. The van der Waals surface area contributed by atoms with Crippen LogP contribution in [-0.4, -0.2) is 35.0 Å². The number of hydrogen-bond acceptors (Lipinski definition) is 3. The van der Waals surface area contributed by atoms with Crippen LogP contribution < -0.4 is 4.74 Å². The number of ether oxygens (including phenoxy) is 1. The second-order valence-corrected chi connectivity index (χ2v) is 6.02. The Morgan fingerprint density at radius 3 is 2.72 bits per heavy atom. The third-order valence-electron chi connectivity index (χ3n) is 4.20. The van der Waals surface area contributed by atoms with E-state index in [9.17, 15) is 14.0 Å². The number of hydrogen-bond donors (Lipinski definition) is 1. The molecule has 1 amide bonds. The number of carbonyl (C=O) groups is 2. The van der Waals surface area contributed by atoms with E-state index in [2.05, 4.69) is 0 Å². The van der Waals surface area contributed by atoms with Crippen molar-refractivity contribution >= 4 is 11.9 Å². The molecule has 25 heavy (non-hydrogen) atoms. The van der Waals surface area contributed by atoms with Gasteiger partial charge < -0.3 is 14.7 Å². The fraction of sp³-hybridized carbons (Fsp3) is 0.263. The summed E-state index contributed by atoms with van der Waals surface area (Å²) in [7, 11) is 0. The number of halogens is 1. The summed E-state index contributed by atoms with van der Waals surface area (Å²) in [5.74, 6) is -1.50. The molecule has 0 saturated carbocycles. The first kappa shape index (κ1) is 17.0. The van der Waals surface area contributed by atoms with E-state index in [0.29, 0.717) is 24.3 Å². The number of amides is 1. The maximum absolute atomic E-state index is 13.2. The first-order valence-electron chi connectivity index (χ1n) is 8.02. The van der Waals surface area contributed by atoms with Gasteiger partial charge in [0.2, 0.25) is 0 Å². The Labute approximate surface area is 144 Å². The Hall–Kier alpha value is -2.89. The number of carboxylic acids is 1. The smallest absolute Gasteiger partial charge is 0.308 e. The highest BCUT2D eigenvalue weighted by molar-refractivity contribution is 5.95. The molecular formula is C19H18FNO4. The highest BCUT2D eigenvalue weighted by Crippen LogP contribution is 2.20. The minimum atomic E-state index is -0.868. The second kappa shape index (κ2) is 7.34. The summed E-state index contributed by atoms with van der Waals surface area (Å²) >= 11 is 0. The molecule has 1 aliphatic rings. The van der Waals surface area contributed by atoms with Crippen LogP contribution in [-0.2, 0) is 11.4 Å². The normalized spacial score (nSPS) is 16.7. The number of carboxylic acid groups (broad SMARTS) is 1. The molecule has 2 aromatic carbocycles. The van der Waals surface area contributed by atoms with Crippen molar-refractivity contribution in [2.45, 2.75) is 13.0 Å². The van der Waals surface area contributed by atoms with Crippen molar-refractivity contribution in [3.8, 4) is 5.75 Å². The molecule has 0 spiro atoms. The van der Waals surface area contributed by atoms with Crippen LogP contribution in [0.4, 0.5) is 4.39 Å². The molecule has 0 aliphatic carbocycles. The van der Waals surface area contributed by atoms with Crippen LogP contribution in [0.1, 0.15) is 22.3 Å². The van der Waals surface area contributed by atoms with Crippen molar-refractivity contribution in [1.82, 2.24) is 4.90 Å². The van der Waals surface area contributed by atoms with Gasteiger partial charge in [-0.1, -0.05) is 18.2 Å². The summed E-state index contributed by atoms with van der Waals surface area (Å²) in [6.07, 6.45) is 0.476.